The van der Waals surface area contributed by atoms with Gasteiger partial charge in [0.15, 0.2) is 0 Å². The zero-order valence-electron chi connectivity index (χ0n) is 10.9. The van der Waals surface area contributed by atoms with E-state index in [1.54, 1.807) is 0 Å². The Bertz CT molecular complexity index is 727. The molecular formula is C7H10NO12P3. The third-order valence-electron chi connectivity index (χ3n) is 1.93. The van der Waals surface area contributed by atoms with Crippen LogP contribution in [0.15, 0.2) is 24.3 Å². The molecule has 0 radical (unpaired) electrons. The molecule has 1 rings (SSSR count). The lowest BCUT2D eigenvalue weighted by atomic mass is 10.2. The summed E-state index contributed by atoms with van der Waals surface area (Å²) in [6.45, 7) is -0.731. The molecule has 0 aliphatic heterocycles. The third-order valence-corrected chi connectivity index (χ3v) is 5.71. The molecule has 13 nitrogen and oxygen atoms in total. The molecule has 0 amide bonds. The average molecular weight is 393 g/mol. The first-order chi connectivity index (χ1) is 10.3. The number of hydrogen-bond acceptors (Lipinski definition) is 8. The summed E-state index contributed by atoms with van der Waals surface area (Å²) < 4.78 is 44.2. The predicted molar refractivity (Wildman–Crippen MR) is 71.8 cm³/mol. The second kappa shape index (κ2) is 7.29. The number of nitro groups is 1. The van der Waals surface area contributed by atoms with Gasteiger partial charge in [0.25, 0.3) is 5.69 Å². The summed E-state index contributed by atoms with van der Waals surface area (Å²) in [5.41, 5.74) is -0.279. The SMILES string of the molecule is O=[N+]([O-])c1cccc(COP(=O)(O)OP(=O)(O)OP(=O)(O)O)c1. The Balaban J connectivity index is 2.74. The van der Waals surface area contributed by atoms with Crippen LogP contribution < -0.4 is 0 Å². The molecule has 0 fully saturated rings. The number of rotatable bonds is 8. The number of phosphoric acid groups is 3. The molecule has 4 N–H and O–H groups in total. The molecule has 0 spiro atoms. The first kappa shape index (κ1) is 20.1. The van der Waals surface area contributed by atoms with E-state index in [0.29, 0.717) is 0 Å². The smallest absolute Gasteiger partial charge is 0.302 e. The van der Waals surface area contributed by atoms with Crippen LogP contribution in [0.2, 0.25) is 0 Å². The van der Waals surface area contributed by atoms with Gasteiger partial charge < -0.3 is 19.6 Å². The van der Waals surface area contributed by atoms with Crippen LogP contribution in [0.5, 0.6) is 0 Å². The minimum Gasteiger partial charge on any atom is -0.302 e. The third kappa shape index (κ3) is 7.91. The van der Waals surface area contributed by atoms with Gasteiger partial charge in [-0.05, 0) is 5.56 Å². The van der Waals surface area contributed by atoms with Gasteiger partial charge in [-0.1, -0.05) is 12.1 Å². The van der Waals surface area contributed by atoms with Gasteiger partial charge in [0, 0.05) is 12.1 Å². The van der Waals surface area contributed by atoms with Gasteiger partial charge in [-0.15, -0.1) is 0 Å². The van der Waals surface area contributed by atoms with Crippen LogP contribution in [0.25, 0.3) is 0 Å². The first-order valence-corrected chi connectivity index (χ1v) is 9.83. The van der Waals surface area contributed by atoms with Gasteiger partial charge in [-0.2, -0.15) is 8.62 Å². The summed E-state index contributed by atoms with van der Waals surface area (Å²) in [6.07, 6.45) is 0. The maximum Gasteiger partial charge on any atom is 0.490 e. The molecule has 16 heteroatoms. The van der Waals surface area contributed by atoms with E-state index < -0.39 is 35.0 Å². The van der Waals surface area contributed by atoms with E-state index in [4.69, 9.17) is 14.7 Å². The maximum absolute atomic E-state index is 11.4. The van der Waals surface area contributed by atoms with E-state index in [1.807, 2.05) is 0 Å². The molecule has 0 heterocycles. The number of benzene rings is 1. The largest absolute Gasteiger partial charge is 0.490 e. The monoisotopic (exact) mass is 393 g/mol. The van der Waals surface area contributed by atoms with Crippen molar-refractivity contribution in [3.05, 3.63) is 39.9 Å². The van der Waals surface area contributed by atoms with Crippen LogP contribution in [-0.2, 0) is 33.4 Å². The molecule has 0 bridgehead atoms. The molecular weight excluding hydrogens is 383 g/mol. The summed E-state index contributed by atoms with van der Waals surface area (Å²) in [7, 11) is -16.3. The fourth-order valence-corrected chi connectivity index (χ4v) is 4.23. The molecule has 23 heavy (non-hydrogen) atoms. The number of nitro benzene ring substituents is 1. The topological polar surface area (TPSA) is 203 Å². The van der Waals surface area contributed by atoms with Gasteiger partial charge in [0.2, 0.25) is 0 Å². The van der Waals surface area contributed by atoms with E-state index in [1.165, 1.54) is 12.1 Å². The summed E-state index contributed by atoms with van der Waals surface area (Å²) >= 11 is 0. The molecule has 0 aliphatic rings. The fraction of sp³-hybridized carbons (Fsp3) is 0.143. The minimum absolute atomic E-state index is 0.0563. The van der Waals surface area contributed by atoms with Gasteiger partial charge in [0.1, 0.15) is 0 Å². The van der Waals surface area contributed by atoms with E-state index in [-0.39, 0.29) is 11.3 Å². The van der Waals surface area contributed by atoms with E-state index >= 15 is 0 Å². The molecule has 0 saturated heterocycles. The van der Waals surface area contributed by atoms with Crippen molar-refractivity contribution >= 4 is 29.2 Å². The molecule has 0 saturated carbocycles. The summed E-state index contributed by atoms with van der Waals surface area (Å²) in [4.78, 5) is 44.6. The molecule has 130 valence electrons. The predicted octanol–water partition coefficient (Wildman–Crippen LogP) is 1.44. The van der Waals surface area contributed by atoms with Crippen LogP contribution in [-0.4, -0.2) is 24.5 Å². The second-order valence-corrected chi connectivity index (χ2v) is 8.21. The Labute approximate surface area is 128 Å². The van der Waals surface area contributed by atoms with Crippen molar-refractivity contribution in [3.63, 3.8) is 0 Å². The highest BCUT2D eigenvalue weighted by atomic mass is 31.3. The normalized spacial score (nSPS) is 17.2. The first-order valence-electron chi connectivity index (χ1n) is 5.31. The van der Waals surface area contributed by atoms with Crippen LogP contribution >= 0.6 is 23.5 Å². The lowest BCUT2D eigenvalue weighted by Crippen LogP contribution is -1.98. The van der Waals surface area contributed by atoms with Crippen molar-refractivity contribution in [2.75, 3.05) is 0 Å². The lowest BCUT2D eigenvalue weighted by molar-refractivity contribution is -0.384. The van der Waals surface area contributed by atoms with Crippen molar-refractivity contribution in [2.45, 2.75) is 6.61 Å². The number of hydrogen-bond donors (Lipinski definition) is 4. The van der Waals surface area contributed by atoms with Crippen molar-refractivity contribution in [2.24, 2.45) is 0 Å². The number of non-ortho nitro benzene ring substituents is 1. The van der Waals surface area contributed by atoms with Crippen molar-refractivity contribution in [1.82, 2.24) is 0 Å². The lowest BCUT2D eigenvalue weighted by Gasteiger charge is -2.16. The molecule has 0 aromatic heterocycles. The fourth-order valence-electron chi connectivity index (χ4n) is 1.22. The summed E-state index contributed by atoms with van der Waals surface area (Å²) in [5.74, 6) is 0. The molecule has 2 unspecified atom stereocenters. The van der Waals surface area contributed by atoms with Gasteiger partial charge in [0.05, 0.1) is 11.5 Å². The minimum atomic E-state index is -5.59. The summed E-state index contributed by atoms with van der Waals surface area (Å²) in [6, 6.07) is 4.70. The van der Waals surface area contributed by atoms with Crippen LogP contribution in [0.1, 0.15) is 5.56 Å². The van der Waals surface area contributed by atoms with E-state index in [2.05, 4.69) is 13.1 Å². The molecule has 1 aromatic rings. The Morgan fingerprint density at radius 1 is 1.04 bits per heavy atom. The Morgan fingerprint density at radius 2 is 1.65 bits per heavy atom. The highest BCUT2D eigenvalue weighted by Crippen LogP contribution is 2.66. The van der Waals surface area contributed by atoms with Crippen LogP contribution in [0.3, 0.4) is 0 Å². The molecule has 0 aliphatic carbocycles. The second-order valence-electron chi connectivity index (χ2n) is 3.79. The van der Waals surface area contributed by atoms with Gasteiger partial charge in [-0.25, -0.2) is 13.7 Å². The van der Waals surface area contributed by atoms with Crippen molar-refractivity contribution < 1.29 is 51.3 Å². The zero-order valence-corrected chi connectivity index (χ0v) is 13.5. The van der Waals surface area contributed by atoms with Crippen molar-refractivity contribution in [1.29, 1.82) is 0 Å². The number of nitrogens with zero attached hydrogens (tertiary/aromatic N) is 1. The quantitative estimate of drug-likeness (QED) is 0.281. The number of phosphoric ester groups is 1. The van der Waals surface area contributed by atoms with Crippen LogP contribution in [0, 0.1) is 10.1 Å². The maximum atomic E-state index is 11.4. The Kier molecular flexibility index (Phi) is 6.36. The molecule has 1 aromatic carbocycles. The van der Waals surface area contributed by atoms with E-state index in [9.17, 15) is 28.7 Å². The Morgan fingerprint density at radius 3 is 2.17 bits per heavy atom. The van der Waals surface area contributed by atoms with Gasteiger partial charge in [-0.3, -0.25) is 14.6 Å². The van der Waals surface area contributed by atoms with Gasteiger partial charge >= 0.3 is 23.5 Å². The van der Waals surface area contributed by atoms with Crippen LogP contribution in [0.4, 0.5) is 5.69 Å². The summed E-state index contributed by atoms with van der Waals surface area (Å²) in [5, 5.41) is 10.6. The average Bonchev–Trinajstić information content (AvgIpc) is 2.32. The Hall–Kier alpha value is -0.970. The zero-order chi connectivity index (χ0) is 17.9. The standard InChI is InChI=1S/C7H10NO12P3/c9-8(10)7-3-1-2-6(4-7)5-18-22(14,15)20-23(16,17)19-21(11,12)13/h1-4H,5H2,(H,14,15)(H,16,17)(H2,11,12,13). The highest BCUT2D eigenvalue weighted by Gasteiger charge is 2.40. The highest BCUT2D eigenvalue weighted by molar-refractivity contribution is 7.66. The van der Waals surface area contributed by atoms with Crippen molar-refractivity contribution in [3.8, 4) is 0 Å². The van der Waals surface area contributed by atoms with E-state index in [0.717, 1.165) is 12.1 Å². The molecule has 2 atom stereocenters.